The fraction of sp³-hybridized carbons (Fsp3) is 0.250. The van der Waals surface area contributed by atoms with Crippen LogP contribution in [0.1, 0.15) is 12.5 Å². The number of hydrogen-bond acceptors (Lipinski definition) is 4. The molecule has 0 fully saturated rings. The van der Waals surface area contributed by atoms with Crippen LogP contribution < -0.4 is 0 Å². The predicted molar refractivity (Wildman–Crippen MR) is 62.6 cm³/mol. The van der Waals surface area contributed by atoms with E-state index in [0.717, 1.165) is 5.56 Å². The molecule has 0 radical (unpaired) electrons. The maximum Gasteiger partial charge on any atom is 0.302 e. The number of nitro groups is 1. The second kappa shape index (κ2) is 6.42. The smallest absolute Gasteiger partial charge is 0.302 e. The van der Waals surface area contributed by atoms with Crippen LogP contribution >= 0.6 is 0 Å². The van der Waals surface area contributed by atoms with Crippen molar-refractivity contribution in [1.82, 2.24) is 0 Å². The van der Waals surface area contributed by atoms with Gasteiger partial charge in [0.25, 0.3) is 5.69 Å². The fourth-order valence-corrected chi connectivity index (χ4v) is 1.21. The van der Waals surface area contributed by atoms with E-state index in [1.165, 1.54) is 19.1 Å². The van der Waals surface area contributed by atoms with Gasteiger partial charge in [-0.2, -0.15) is 0 Å². The van der Waals surface area contributed by atoms with Crippen molar-refractivity contribution < 1.29 is 14.5 Å². The zero-order valence-electron chi connectivity index (χ0n) is 9.46. The summed E-state index contributed by atoms with van der Waals surface area (Å²) in [6.07, 6.45) is 4.24. The molecule has 90 valence electrons. The van der Waals surface area contributed by atoms with Gasteiger partial charge in [-0.15, -0.1) is 0 Å². The van der Waals surface area contributed by atoms with E-state index in [-0.39, 0.29) is 18.3 Å². The van der Waals surface area contributed by atoms with Crippen LogP contribution in [-0.4, -0.2) is 17.5 Å². The van der Waals surface area contributed by atoms with Gasteiger partial charge in [0.05, 0.1) is 4.92 Å². The molecule has 0 aromatic heterocycles. The zero-order chi connectivity index (χ0) is 12.7. The summed E-state index contributed by atoms with van der Waals surface area (Å²) >= 11 is 0. The first-order chi connectivity index (χ1) is 8.09. The summed E-state index contributed by atoms with van der Waals surface area (Å²) in [5.74, 6) is -0.315. The lowest BCUT2D eigenvalue weighted by molar-refractivity contribution is -0.384. The Morgan fingerprint density at radius 1 is 1.35 bits per heavy atom. The minimum Gasteiger partial charge on any atom is -0.462 e. The highest BCUT2D eigenvalue weighted by Gasteiger charge is 2.02. The Morgan fingerprint density at radius 2 is 2.00 bits per heavy atom. The van der Waals surface area contributed by atoms with Crippen LogP contribution in [0.15, 0.2) is 36.4 Å². The van der Waals surface area contributed by atoms with Crippen molar-refractivity contribution >= 4 is 11.7 Å². The van der Waals surface area contributed by atoms with Gasteiger partial charge in [-0.05, 0) is 12.0 Å². The van der Waals surface area contributed by atoms with E-state index in [4.69, 9.17) is 4.74 Å². The summed E-state index contributed by atoms with van der Waals surface area (Å²) in [5, 5.41) is 10.4. The van der Waals surface area contributed by atoms with Crippen LogP contribution in [0.4, 0.5) is 5.69 Å². The van der Waals surface area contributed by atoms with E-state index in [1.807, 2.05) is 6.08 Å². The van der Waals surface area contributed by atoms with Gasteiger partial charge in [-0.1, -0.05) is 24.3 Å². The van der Waals surface area contributed by atoms with Gasteiger partial charge in [0.1, 0.15) is 6.61 Å². The summed E-state index contributed by atoms with van der Waals surface area (Å²) in [6, 6.07) is 6.34. The van der Waals surface area contributed by atoms with Gasteiger partial charge in [-0.3, -0.25) is 14.9 Å². The lowest BCUT2D eigenvalue weighted by Crippen LogP contribution is -1.97. The number of carbonyl (C=O) groups is 1. The molecule has 1 rings (SSSR count). The zero-order valence-corrected chi connectivity index (χ0v) is 9.46. The van der Waals surface area contributed by atoms with Crippen molar-refractivity contribution in [2.45, 2.75) is 13.3 Å². The Kier molecular flexibility index (Phi) is 4.87. The van der Waals surface area contributed by atoms with E-state index >= 15 is 0 Å². The van der Waals surface area contributed by atoms with Crippen LogP contribution in [0.2, 0.25) is 0 Å². The lowest BCUT2D eigenvalue weighted by Gasteiger charge is -1.97. The number of hydrogen-bond donors (Lipinski definition) is 0. The average Bonchev–Trinajstić information content (AvgIpc) is 2.29. The molecule has 0 atom stereocenters. The molecule has 0 unspecified atom stereocenters. The molecule has 0 amide bonds. The molecule has 5 nitrogen and oxygen atoms in total. The largest absolute Gasteiger partial charge is 0.462 e. The minimum absolute atomic E-state index is 0.0812. The van der Waals surface area contributed by atoms with Crippen LogP contribution in [0.3, 0.4) is 0 Å². The monoisotopic (exact) mass is 235 g/mol. The van der Waals surface area contributed by atoms with E-state index in [0.29, 0.717) is 6.42 Å². The first-order valence-corrected chi connectivity index (χ1v) is 5.11. The molecular weight excluding hydrogens is 222 g/mol. The molecule has 0 aliphatic heterocycles. The average molecular weight is 235 g/mol. The van der Waals surface area contributed by atoms with Crippen molar-refractivity contribution in [1.29, 1.82) is 0 Å². The third-order valence-electron chi connectivity index (χ3n) is 2.05. The topological polar surface area (TPSA) is 69.4 Å². The van der Waals surface area contributed by atoms with Gasteiger partial charge in [0.2, 0.25) is 0 Å². The number of ether oxygens (including phenoxy) is 1. The third-order valence-corrected chi connectivity index (χ3v) is 2.05. The SMILES string of the molecule is CC(=O)OC/C=C/Cc1ccc([N+](=O)[O-])cc1. The van der Waals surface area contributed by atoms with Crippen molar-refractivity contribution in [3.05, 3.63) is 52.1 Å². The number of non-ortho nitro benzene ring substituents is 1. The number of carbonyl (C=O) groups excluding carboxylic acids is 1. The van der Waals surface area contributed by atoms with Gasteiger partial charge in [0, 0.05) is 19.1 Å². The Labute approximate surface area is 98.9 Å². The molecule has 1 aromatic carbocycles. The third kappa shape index (κ3) is 4.92. The van der Waals surface area contributed by atoms with Crippen LogP contribution in [0.5, 0.6) is 0 Å². The molecule has 0 saturated carbocycles. The highest BCUT2D eigenvalue weighted by atomic mass is 16.6. The maximum absolute atomic E-state index is 10.5. The van der Waals surface area contributed by atoms with Crippen molar-refractivity contribution in [3.8, 4) is 0 Å². The molecule has 0 bridgehead atoms. The van der Waals surface area contributed by atoms with Crippen LogP contribution in [0.25, 0.3) is 0 Å². The highest BCUT2D eigenvalue weighted by Crippen LogP contribution is 2.12. The van der Waals surface area contributed by atoms with Crippen LogP contribution in [-0.2, 0) is 16.0 Å². The Hall–Kier alpha value is -2.17. The molecule has 0 aliphatic carbocycles. The first kappa shape index (κ1) is 12.9. The molecule has 0 N–H and O–H groups in total. The molecule has 17 heavy (non-hydrogen) atoms. The Morgan fingerprint density at radius 3 is 2.53 bits per heavy atom. The second-order valence-electron chi connectivity index (χ2n) is 3.40. The Balaban J connectivity index is 2.42. The van der Waals surface area contributed by atoms with Gasteiger partial charge in [0.15, 0.2) is 0 Å². The predicted octanol–water partition coefficient (Wildman–Crippen LogP) is 2.26. The van der Waals surface area contributed by atoms with Crippen molar-refractivity contribution in [3.63, 3.8) is 0 Å². The summed E-state index contributed by atoms with van der Waals surface area (Å²) in [6.45, 7) is 1.60. The molecule has 0 heterocycles. The summed E-state index contributed by atoms with van der Waals surface area (Å²) in [5.41, 5.74) is 1.05. The van der Waals surface area contributed by atoms with Gasteiger partial charge >= 0.3 is 5.97 Å². The van der Waals surface area contributed by atoms with E-state index in [1.54, 1.807) is 18.2 Å². The highest BCUT2D eigenvalue weighted by molar-refractivity contribution is 5.65. The van der Waals surface area contributed by atoms with Gasteiger partial charge < -0.3 is 4.74 Å². The standard InChI is InChI=1S/C12H13NO4/c1-10(14)17-9-3-2-4-11-5-7-12(8-6-11)13(15)16/h2-3,5-8H,4,9H2,1H3/b3-2+. The number of nitro benzene ring substituents is 1. The Bertz CT molecular complexity index is 423. The van der Waals surface area contributed by atoms with Crippen molar-refractivity contribution in [2.24, 2.45) is 0 Å². The summed E-state index contributed by atoms with van der Waals surface area (Å²) in [4.78, 5) is 20.4. The van der Waals surface area contributed by atoms with E-state index in [2.05, 4.69) is 0 Å². The molecule has 0 spiro atoms. The van der Waals surface area contributed by atoms with Crippen molar-refractivity contribution in [2.75, 3.05) is 6.61 Å². The van der Waals surface area contributed by atoms with E-state index in [9.17, 15) is 14.9 Å². The second-order valence-corrected chi connectivity index (χ2v) is 3.40. The molecular formula is C12H13NO4. The molecule has 1 aromatic rings. The minimum atomic E-state index is -0.430. The quantitative estimate of drug-likeness (QED) is 0.339. The fourth-order valence-electron chi connectivity index (χ4n) is 1.21. The van der Waals surface area contributed by atoms with Crippen LogP contribution in [0, 0.1) is 10.1 Å². The molecule has 0 saturated heterocycles. The number of nitrogens with zero attached hydrogens (tertiary/aromatic N) is 1. The van der Waals surface area contributed by atoms with Gasteiger partial charge in [-0.25, -0.2) is 0 Å². The summed E-state index contributed by atoms with van der Waals surface area (Å²) < 4.78 is 4.72. The van der Waals surface area contributed by atoms with E-state index < -0.39 is 4.92 Å². The summed E-state index contributed by atoms with van der Waals surface area (Å²) in [7, 11) is 0. The number of rotatable bonds is 5. The normalized spacial score (nSPS) is 10.4. The number of allylic oxidation sites excluding steroid dienone is 1. The molecule has 0 aliphatic rings. The number of esters is 1. The first-order valence-electron chi connectivity index (χ1n) is 5.11. The number of benzene rings is 1. The molecule has 5 heteroatoms. The lowest BCUT2D eigenvalue weighted by atomic mass is 10.1. The maximum atomic E-state index is 10.5.